The lowest BCUT2D eigenvalue weighted by atomic mass is 9.89. The lowest BCUT2D eigenvalue weighted by Gasteiger charge is -2.20. The lowest BCUT2D eigenvalue weighted by Crippen LogP contribution is -2.42. The number of amides is 3. The summed E-state index contributed by atoms with van der Waals surface area (Å²) in [5.41, 5.74) is -1.20. The van der Waals surface area contributed by atoms with Gasteiger partial charge in [0.1, 0.15) is 0 Å². The molecule has 0 aliphatic heterocycles. The highest BCUT2D eigenvalue weighted by Crippen LogP contribution is 2.20. The van der Waals surface area contributed by atoms with Crippen molar-refractivity contribution in [3.05, 3.63) is 22.4 Å². The van der Waals surface area contributed by atoms with Gasteiger partial charge in [0.25, 0.3) is 0 Å². The van der Waals surface area contributed by atoms with Crippen LogP contribution >= 0.6 is 11.3 Å². The third kappa shape index (κ3) is 4.65. The SMILES string of the molecule is CN(Cc1cccs1)C(=O)NC(=O)CC(C)(C)C(=O)O. The number of aliphatic carboxylic acids is 1. The Morgan fingerprint density at radius 3 is 2.55 bits per heavy atom. The molecule has 0 spiro atoms. The summed E-state index contributed by atoms with van der Waals surface area (Å²) in [6.45, 7) is 3.28. The number of nitrogens with zero attached hydrogens (tertiary/aromatic N) is 1. The van der Waals surface area contributed by atoms with Gasteiger partial charge in [-0.05, 0) is 25.3 Å². The Kier molecular flexibility index (Phi) is 5.26. The summed E-state index contributed by atoms with van der Waals surface area (Å²) in [6, 6.07) is 3.24. The Hall–Kier alpha value is -1.89. The number of urea groups is 1. The van der Waals surface area contributed by atoms with Gasteiger partial charge in [0, 0.05) is 18.3 Å². The maximum atomic E-state index is 11.8. The first kappa shape index (κ1) is 16.2. The molecule has 0 unspecified atom stereocenters. The molecular weight excluding hydrogens is 280 g/mol. The number of thiophene rings is 1. The molecule has 0 bridgehead atoms. The molecule has 0 fully saturated rings. The van der Waals surface area contributed by atoms with Gasteiger partial charge in [-0.15, -0.1) is 11.3 Å². The minimum atomic E-state index is -1.20. The molecule has 1 aromatic heterocycles. The fourth-order valence-electron chi connectivity index (χ4n) is 1.44. The lowest BCUT2D eigenvalue weighted by molar-refractivity contribution is -0.149. The fourth-order valence-corrected chi connectivity index (χ4v) is 2.20. The standard InChI is InChI=1S/C13H18N2O4S/c1-13(2,11(17)18)7-10(16)14-12(19)15(3)8-9-5-4-6-20-9/h4-6H,7-8H2,1-3H3,(H,17,18)(H,14,16,19). The molecule has 20 heavy (non-hydrogen) atoms. The van der Waals surface area contributed by atoms with Crippen LogP contribution in [-0.2, 0) is 16.1 Å². The summed E-state index contributed by atoms with van der Waals surface area (Å²) in [5.74, 6) is -1.67. The van der Waals surface area contributed by atoms with E-state index in [1.807, 2.05) is 17.5 Å². The van der Waals surface area contributed by atoms with Crippen LogP contribution in [0.3, 0.4) is 0 Å². The number of hydrogen-bond acceptors (Lipinski definition) is 4. The third-order valence-corrected chi connectivity index (χ3v) is 3.61. The van der Waals surface area contributed by atoms with Crippen LogP contribution < -0.4 is 5.32 Å². The topological polar surface area (TPSA) is 86.7 Å². The Morgan fingerprint density at radius 2 is 2.05 bits per heavy atom. The predicted octanol–water partition coefficient (Wildman–Crippen LogP) is 1.92. The number of carbonyl (C=O) groups excluding carboxylic acids is 2. The number of carboxylic acid groups (broad SMARTS) is 1. The van der Waals surface area contributed by atoms with Crippen LogP contribution in [0.4, 0.5) is 4.79 Å². The van der Waals surface area contributed by atoms with E-state index in [0.29, 0.717) is 6.54 Å². The minimum absolute atomic E-state index is 0.249. The van der Waals surface area contributed by atoms with Gasteiger partial charge in [-0.2, -0.15) is 0 Å². The van der Waals surface area contributed by atoms with E-state index < -0.39 is 23.3 Å². The molecule has 7 heteroatoms. The minimum Gasteiger partial charge on any atom is -0.481 e. The molecule has 1 aromatic rings. The smallest absolute Gasteiger partial charge is 0.324 e. The molecule has 6 nitrogen and oxygen atoms in total. The summed E-state index contributed by atoms with van der Waals surface area (Å²) in [5, 5.41) is 13.0. The van der Waals surface area contributed by atoms with Crippen molar-refractivity contribution in [3.8, 4) is 0 Å². The van der Waals surface area contributed by atoms with E-state index >= 15 is 0 Å². The Bertz CT molecular complexity index is 496. The zero-order valence-electron chi connectivity index (χ0n) is 11.7. The number of carboxylic acids is 1. The largest absolute Gasteiger partial charge is 0.481 e. The van der Waals surface area contributed by atoms with Gasteiger partial charge in [0.15, 0.2) is 0 Å². The molecule has 0 saturated carbocycles. The van der Waals surface area contributed by atoms with Crippen molar-refractivity contribution in [2.75, 3.05) is 7.05 Å². The molecule has 0 atom stereocenters. The van der Waals surface area contributed by atoms with Crippen molar-refractivity contribution < 1.29 is 19.5 Å². The first-order valence-corrected chi connectivity index (χ1v) is 6.91. The highest BCUT2D eigenvalue weighted by molar-refractivity contribution is 7.09. The molecule has 0 aliphatic carbocycles. The fraction of sp³-hybridized carbons (Fsp3) is 0.462. The zero-order valence-corrected chi connectivity index (χ0v) is 12.5. The van der Waals surface area contributed by atoms with Crippen molar-refractivity contribution in [1.82, 2.24) is 10.2 Å². The van der Waals surface area contributed by atoms with Gasteiger partial charge in [0.05, 0.1) is 12.0 Å². The number of rotatable bonds is 5. The van der Waals surface area contributed by atoms with Crippen molar-refractivity contribution in [3.63, 3.8) is 0 Å². The van der Waals surface area contributed by atoms with Crippen LogP contribution in [0, 0.1) is 5.41 Å². The van der Waals surface area contributed by atoms with Crippen LogP contribution in [0.2, 0.25) is 0 Å². The molecule has 1 rings (SSSR count). The monoisotopic (exact) mass is 298 g/mol. The van der Waals surface area contributed by atoms with Gasteiger partial charge < -0.3 is 10.0 Å². The average molecular weight is 298 g/mol. The zero-order chi connectivity index (χ0) is 15.3. The first-order valence-electron chi connectivity index (χ1n) is 6.03. The summed E-state index contributed by atoms with van der Waals surface area (Å²) < 4.78 is 0. The summed E-state index contributed by atoms with van der Waals surface area (Å²) in [4.78, 5) is 36.7. The third-order valence-electron chi connectivity index (χ3n) is 2.75. The highest BCUT2D eigenvalue weighted by atomic mass is 32.1. The second-order valence-electron chi connectivity index (χ2n) is 5.15. The Morgan fingerprint density at radius 1 is 1.40 bits per heavy atom. The van der Waals surface area contributed by atoms with Gasteiger partial charge in [-0.1, -0.05) is 6.07 Å². The first-order chi connectivity index (χ1) is 9.22. The van der Waals surface area contributed by atoms with E-state index in [1.165, 1.54) is 30.1 Å². The molecule has 2 N–H and O–H groups in total. The van der Waals surface area contributed by atoms with E-state index in [1.54, 1.807) is 7.05 Å². The molecule has 0 radical (unpaired) electrons. The second kappa shape index (κ2) is 6.51. The van der Waals surface area contributed by atoms with E-state index in [0.717, 1.165) is 4.88 Å². The molecular formula is C13H18N2O4S. The average Bonchev–Trinajstić information content (AvgIpc) is 2.80. The quantitative estimate of drug-likeness (QED) is 0.869. The Labute approximate surface area is 121 Å². The van der Waals surface area contributed by atoms with Gasteiger partial charge >= 0.3 is 12.0 Å². The molecule has 0 aromatic carbocycles. The van der Waals surface area contributed by atoms with Crippen molar-refractivity contribution in [2.24, 2.45) is 5.41 Å². The molecule has 0 saturated heterocycles. The number of nitrogens with one attached hydrogen (secondary N) is 1. The number of hydrogen-bond donors (Lipinski definition) is 2. The highest BCUT2D eigenvalue weighted by Gasteiger charge is 2.31. The van der Waals surface area contributed by atoms with Gasteiger partial charge in [-0.25, -0.2) is 4.79 Å². The van der Waals surface area contributed by atoms with Crippen molar-refractivity contribution in [2.45, 2.75) is 26.8 Å². The van der Waals surface area contributed by atoms with Crippen LogP contribution in [0.5, 0.6) is 0 Å². The van der Waals surface area contributed by atoms with Crippen LogP contribution in [-0.4, -0.2) is 35.0 Å². The number of imide groups is 1. The van der Waals surface area contributed by atoms with Crippen LogP contribution in [0.25, 0.3) is 0 Å². The molecule has 1 heterocycles. The summed E-state index contributed by atoms with van der Waals surface area (Å²) >= 11 is 1.52. The summed E-state index contributed by atoms with van der Waals surface area (Å²) in [6.07, 6.45) is -0.249. The second-order valence-corrected chi connectivity index (χ2v) is 6.19. The summed E-state index contributed by atoms with van der Waals surface area (Å²) in [7, 11) is 1.57. The molecule has 3 amide bonds. The van der Waals surface area contributed by atoms with E-state index in [9.17, 15) is 14.4 Å². The van der Waals surface area contributed by atoms with E-state index in [-0.39, 0.29) is 6.42 Å². The normalized spacial score (nSPS) is 10.9. The van der Waals surface area contributed by atoms with E-state index in [2.05, 4.69) is 5.32 Å². The van der Waals surface area contributed by atoms with Gasteiger partial charge in [0.2, 0.25) is 5.91 Å². The van der Waals surface area contributed by atoms with E-state index in [4.69, 9.17) is 5.11 Å². The van der Waals surface area contributed by atoms with Crippen molar-refractivity contribution >= 4 is 29.2 Å². The number of carbonyl (C=O) groups is 3. The Balaban J connectivity index is 2.49. The predicted molar refractivity (Wildman–Crippen MR) is 75.4 cm³/mol. The molecule has 110 valence electrons. The maximum absolute atomic E-state index is 11.8. The van der Waals surface area contributed by atoms with Crippen molar-refractivity contribution in [1.29, 1.82) is 0 Å². The van der Waals surface area contributed by atoms with Crippen LogP contribution in [0.1, 0.15) is 25.1 Å². The van der Waals surface area contributed by atoms with Crippen LogP contribution in [0.15, 0.2) is 17.5 Å². The van der Waals surface area contributed by atoms with Gasteiger partial charge in [-0.3, -0.25) is 14.9 Å². The molecule has 0 aliphatic rings. The maximum Gasteiger partial charge on any atom is 0.324 e.